The van der Waals surface area contributed by atoms with Crippen molar-refractivity contribution in [2.45, 2.75) is 13.3 Å². The van der Waals surface area contributed by atoms with E-state index >= 15 is 0 Å². The van der Waals surface area contributed by atoms with Gasteiger partial charge in [-0.15, -0.1) is 0 Å². The van der Waals surface area contributed by atoms with E-state index in [-0.39, 0.29) is 11.6 Å². The van der Waals surface area contributed by atoms with Crippen LogP contribution in [-0.2, 0) is 6.42 Å². The van der Waals surface area contributed by atoms with Crippen LogP contribution in [0.25, 0.3) is 0 Å². The van der Waals surface area contributed by atoms with Crippen LogP contribution in [0.4, 0.5) is 15.8 Å². The largest absolute Gasteiger partial charge is 0.396 e. The third-order valence-electron chi connectivity index (χ3n) is 2.95. The Balaban J connectivity index is 2.25. The number of halogens is 2. The van der Waals surface area contributed by atoms with Crippen LogP contribution in [-0.4, -0.2) is 5.91 Å². The van der Waals surface area contributed by atoms with Crippen molar-refractivity contribution in [1.82, 2.24) is 0 Å². The van der Waals surface area contributed by atoms with Crippen molar-refractivity contribution in [3.8, 4) is 0 Å². The van der Waals surface area contributed by atoms with E-state index < -0.39 is 5.82 Å². The van der Waals surface area contributed by atoms with Crippen molar-refractivity contribution in [1.29, 1.82) is 0 Å². The number of anilines is 2. The molecule has 3 nitrogen and oxygen atoms in total. The van der Waals surface area contributed by atoms with Crippen LogP contribution in [0.2, 0.25) is 0 Å². The quantitative estimate of drug-likeness (QED) is 0.832. The Labute approximate surface area is 125 Å². The highest BCUT2D eigenvalue weighted by Gasteiger charge is 2.10. The lowest BCUT2D eigenvalue weighted by atomic mass is 10.1. The second-order valence-corrected chi connectivity index (χ2v) is 5.26. The number of benzene rings is 2. The molecule has 0 aliphatic carbocycles. The van der Waals surface area contributed by atoms with Gasteiger partial charge in [0.1, 0.15) is 5.82 Å². The zero-order chi connectivity index (χ0) is 14.7. The summed E-state index contributed by atoms with van der Waals surface area (Å²) in [4.78, 5) is 12.1. The summed E-state index contributed by atoms with van der Waals surface area (Å²) in [6, 6.07) is 9.56. The summed E-state index contributed by atoms with van der Waals surface area (Å²) in [5, 5.41) is 2.81. The van der Waals surface area contributed by atoms with E-state index in [1.54, 1.807) is 0 Å². The van der Waals surface area contributed by atoms with Gasteiger partial charge < -0.3 is 11.1 Å². The number of nitrogens with two attached hydrogens (primary N) is 1. The maximum atomic E-state index is 13.1. The van der Waals surface area contributed by atoms with Gasteiger partial charge in [-0.2, -0.15) is 0 Å². The van der Waals surface area contributed by atoms with Gasteiger partial charge >= 0.3 is 0 Å². The highest BCUT2D eigenvalue weighted by molar-refractivity contribution is 9.10. The van der Waals surface area contributed by atoms with E-state index in [1.165, 1.54) is 18.2 Å². The number of hydrogen-bond donors (Lipinski definition) is 2. The lowest BCUT2D eigenvalue weighted by Crippen LogP contribution is -2.13. The van der Waals surface area contributed by atoms with Crippen molar-refractivity contribution >= 4 is 33.2 Å². The predicted molar refractivity (Wildman–Crippen MR) is 82.3 cm³/mol. The van der Waals surface area contributed by atoms with Crippen LogP contribution < -0.4 is 11.1 Å². The molecule has 0 unspecified atom stereocenters. The van der Waals surface area contributed by atoms with Gasteiger partial charge in [-0.3, -0.25) is 4.79 Å². The van der Waals surface area contributed by atoms with Crippen LogP contribution in [0, 0.1) is 5.82 Å². The average Bonchev–Trinajstić information content (AvgIpc) is 2.43. The fraction of sp³-hybridized carbons (Fsp3) is 0.133. The first kappa shape index (κ1) is 14.5. The molecule has 0 saturated carbocycles. The third-order valence-corrected chi connectivity index (χ3v) is 3.45. The van der Waals surface area contributed by atoms with E-state index in [4.69, 9.17) is 5.73 Å². The highest BCUT2D eigenvalue weighted by atomic mass is 79.9. The van der Waals surface area contributed by atoms with Gasteiger partial charge in [0.2, 0.25) is 0 Å². The Bertz CT molecular complexity index is 658. The van der Waals surface area contributed by atoms with Crippen molar-refractivity contribution in [2.24, 2.45) is 0 Å². The van der Waals surface area contributed by atoms with Crippen LogP contribution in [0.1, 0.15) is 22.8 Å². The second kappa shape index (κ2) is 6.05. The Morgan fingerprint density at radius 3 is 2.70 bits per heavy atom. The third kappa shape index (κ3) is 3.17. The lowest BCUT2D eigenvalue weighted by molar-refractivity contribution is 0.102. The first-order valence-electron chi connectivity index (χ1n) is 6.16. The molecule has 20 heavy (non-hydrogen) atoms. The van der Waals surface area contributed by atoms with Gasteiger partial charge in [0.25, 0.3) is 5.91 Å². The summed E-state index contributed by atoms with van der Waals surface area (Å²) in [6.07, 6.45) is 0.792. The van der Waals surface area contributed by atoms with E-state index in [0.717, 1.165) is 22.1 Å². The minimum absolute atomic E-state index is 0.0378. The van der Waals surface area contributed by atoms with Crippen LogP contribution >= 0.6 is 15.9 Å². The summed E-state index contributed by atoms with van der Waals surface area (Å²) in [5.74, 6) is -0.840. The SMILES string of the molecule is CCc1cc(Br)ccc1NC(=O)c1ccc(F)c(N)c1. The Morgan fingerprint density at radius 1 is 1.30 bits per heavy atom. The summed E-state index contributed by atoms with van der Waals surface area (Å²) < 4.78 is 14.0. The predicted octanol–water partition coefficient (Wildman–Crippen LogP) is 3.99. The number of aryl methyl sites for hydroxylation is 1. The maximum Gasteiger partial charge on any atom is 0.255 e. The van der Waals surface area contributed by atoms with Gasteiger partial charge in [0.05, 0.1) is 5.69 Å². The van der Waals surface area contributed by atoms with Gasteiger partial charge in [-0.1, -0.05) is 22.9 Å². The van der Waals surface area contributed by atoms with Gasteiger partial charge in [0, 0.05) is 15.7 Å². The molecule has 0 aliphatic heterocycles. The number of carbonyl (C=O) groups is 1. The molecule has 2 aromatic rings. The minimum Gasteiger partial charge on any atom is -0.396 e. The van der Waals surface area contributed by atoms with E-state index in [1.807, 2.05) is 25.1 Å². The van der Waals surface area contributed by atoms with Crippen molar-refractivity contribution < 1.29 is 9.18 Å². The summed E-state index contributed by atoms with van der Waals surface area (Å²) in [7, 11) is 0. The molecule has 0 radical (unpaired) electrons. The number of hydrogen-bond acceptors (Lipinski definition) is 2. The van der Waals surface area contributed by atoms with Crippen LogP contribution in [0.5, 0.6) is 0 Å². The highest BCUT2D eigenvalue weighted by Crippen LogP contribution is 2.22. The van der Waals surface area contributed by atoms with Gasteiger partial charge in [-0.25, -0.2) is 4.39 Å². The molecule has 1 amide bonds. The maximum absolute atomic E-state index is 13.1. The van der Waals surface area contributed by atoms with E-state index in [9.17, 15) is 9.18 Å². The normalized spacial score (nSPS) is 10.3. The smallest absolute Gasteiger partial charge is 0.255 e. The molecule has 2 rings (SSSR count). The first-order chi connectivity index (χ1) is 9.51. The number of carbonyl (C=O) groups excluding carboxylic acids is 1. The molecule has 0 fully saturated rings. The van der Waals surface area contributed by atoms with Crippen LogP contribution in [0.15, 0.2) is 40.9 Å². The van der Waals surface area contributed by atoms with Gasteiger partial charge in [-0.05, 0) is 48.4 Å². The number of nitrogen functional groups attached to an aromatic ring is 1. The average molecular weight is 337 g/mol. The Hall–Kier alpha value is -1.88. The van der Waals surface area contributed by atoms with Crippen molar-refractivity contribution in [3.05, 3.63) is 57.8 Å². The van der Waals surface area contributed by atoms with Crippen molar-refractivity contribution in [2.75, 3.05) is 11.1 Å². The Morgan fingerprint density at radius 2 is 2.05 bits per heavy atom. The van der Waals surface area contributed by atoms with E-state index in [2.05, 4.69) is 21.2 Å². The molecule has 0 heterocycles. The fourth-order valence-electron chi connectivity index (χ4n) is 1.86. The zero-order valence-corrected chi connectivity index (χ0v) is 12.5. The summed E-state index contributed by atoms with van der Waals surface area (Å²) >= 11 is 3.39. The first-order valence-corrected chi connectivity index (χ1v) is 6.95. The minimum atomic E-state index is -0.528. The lowest BCUT2D eigenvalue weighted by Gasteiger charge is -2.11. The molecule has 0 aromatic heterocycles. The molecule has 0 saturated heterocycles. The molecular weight excluding hydrogens is 323 g/mol. The zero-order valence-electron chi connectivity index (χ0n) is 10.9. The molecule has 104 valence electrons. The monoisotopic (exact) mass is 336 g/mol. The molecule has 0 aliphatic rings. The Kier molecular flexibility index (Phi) is 4.39. The molecule has 2 aromatic carbocycles. The summed E-state index contributed by atoms with van der Waals surface area (Å²) in [6.45, 7) is 2.01. The molecule has 5 heteroatoms. The van der Waals surface area contributed by atoms with Crippen LogP contribution in [0.3, 0.4) is 0 Å². The van der Waals surface area contributed by atoms with Crippen molar-refractivity contribution in [3.63, 3.8) is 0 Å². The number of rotatable bonds is 3. The topological polar surface area (TPSA) is 55.1 Å². The molecule has 0 bridgehead atoms. The van der Waals surface area contributed by atoms with E-state index in [0.29, 0.717) is 5.56 Å². The number of amides is 1. The summed E-state index contributed by atoms with van der Waals surface area (Å²) in [5.41, 5.74) is 7.51. The number of nitrogens with one attached hydrogen (secondary N) is 1. The standard InChI is InChI=1S/C15H14BrFN2O/c1-2-9-7-11(16)4-6-14(9)19-15(20)10-3-5-12(17)13(18)8-10/h3-8H,2,18H2,1H3,(H,19,20). The molecule has 0 atom stereocenters. The molecule has 0 spiro atoms. The molecule has 3 N–H and O–H groups in total. The second-order valence-electron chi connectivity index (χ2n) is 4.35. The molecular formula is C15H14BrFN2O. The fourth-order valence-corrected chi connectivity index (χ4v) is 2.26. The van der Waals surface area contributed by atoms with Gasteiger partial charge in [0.15, 0.2) is 0 Å².